The summed E-state index contributed by atoms with van der Waals surface area (Å²) in [7, 11) is 0. The van der Waals surface area contributed by atoms with Crippen LogP contribution in [0.25, 0.3) is 10.1 Å². The van der Waals surface area contributed by atoms with Crippen molar-refractivity contribution >= 4 is 21.4 Å². The molecule has 19 heavy (non-hydrogen) atoms. The molecule has 3 rings (SSSR count). The standard InChI is InChI=1S/C15H10N2OS/c16-9-11-2-1-3-12(8-11)10-17-6-4-14-13(15(17)18)5-7-19-14/h1-8H,10H2. The Balaban J connectivity index is 2.03. The molecule has 0 aliphatic carbocycles. The maximum Gasteiger partial charge on any atom is 0.259 e. The van der Waals surface area contributed by atoms with Crippen molar-refractivity contribution in [1.82, 2.24) is 4.57 Å². The summed E-state index contributed by atoms with van der Waals surface area (Å²) in [4.78, 5) is 12.3. The Morgan fingerprint density at radius 2 is 2.16 bits per heavy atom. The number of fused-ring (bicyclic) bond motifs is 1. The normalized spacial score (nSPS) is 10.5. The van der Waals surface area contributed by atoms with Gasteiger partial charge < -0.3 is 4.57 Å². The highest BCUT2D eigenvalue weighted by molar-refractivity contribution is 7.17. The summed E-state index contributed by atoms with van der Waals surface area (Å²) >= 11 is 1.57. The Hall–Kier alpha value is -2.38. The monoisotopic (exact) mass is 266 g/mol. The molecule has 0 N–H and O–H groups in total. The van der Waals surface area contributed by atoms with E-state index in [-0.39, 0.29) is 5.56 Å². The van der Waals surface area contributed by atoms with Crippen LogP contribution >= 0.6 is 11.3 Å². The minimum Gasteiger partial charge on any atom is -0.311 e. The summed E-state index contributed by atoms with van der Waals surface area (Å²) in [5.41, 5.74) is 1.58. The first-order chi connectivity index (χ1) is 9.28. The highest BCUT2D eigenvalue weighted by atomic mass is 32.1. The number of nitriles is 1. The molecule has 0 fully saturated rings. The lowest BCUT2D eigenvalue weighted by molar-refractivity contribution is 0.768. The van der Waals surface area contributed by atoms with E-state index in [9.17, 15) is 4.79 Å². The zero-order valence-corrected chi connectivity index (χ0v) is 10.9. The molecule has 0 saturated heterocycles. The molecule has 2 aromatic heterocycles. The van der Waals surface area contributed by atoms with Gasteiger partial charge in [-0.3, -0.25) is 4.79 Å². The number of benzene rings is 1. The molecule has 92 valence electrons. The molecule has 0 bridgehead atoms. The van der Waals surface area contributed by atoms with Gasteiger partial charge in [0.05, 0.1) is 23.6 Å². The SMILES string of the molecule is N#Cc1cccc(Cn2ccc3sccc3c2=O)c1. The lowest BCUT2D eigenvalue weighted by atomic mass is 10.1. The zero-order chi connectivity index (χ0) is 13.2. The first kappa shape index (κ1) is 11.7. The molecular formula is C15H10N2OS. The third-order valence-electron chi connectivity index (χ3n) is 3.00. The predicted molar refractivity (Wildman–Crippen MR) is 76.3 cm³/mol. The molecule has 0 atom stereocenters. The Bertz CT molecular complexity index is 839. The van der Waals surface area contributed by atoms with Gasteiger partial charge in [0.1, 0.15) is 0 Å². The summed E-state index contributed by atoms with van der Waals surface area (Å²) in [6, 6.07) is 13.2. The van der Waals surface area contributed by atoms with Crippen LogP contribution in [0, 0.1) is 11.3 Å². The average molecular weight is 266 g/mol. The van der Waals surface area contributed by atoms with E-state index < -0.39 is 0 Å². The van der Waals surface area contributed by atoms with E-state index in [1.54, 1.807) is 28.2 Å². The fourth-order valence-corrected chi connectivity index (χ4v) is 2.84. The highest BCUT2D eigenvalue weighted by Gasteiger charge is 2.04. The summed E-state index contributed by atoms with van der Waals surface area (Å²) in [6.07, 6.45) is 1.81. The van der Waals surface area contributed by atoms with Crippen LogP contribution in [0.2, 0.25) is 0 Å². The van der Waals surface area contributed by atoms with Gasteiger partial charge in [-0.05, 0) is 35.2 Å². The Morgan fingerprint density at radius 1 is 1.26 bits per heavy atom. The summed E-state index contributed by atoms with van der Waals surface area (Å²) in [5, 5.41) is 11.6. The average Bonchev–Trinajstić information content (AvgIpc) is 2.91. The van der Waals surface area contributed by atoms with Crippen LogP contribution in [-0.4, -0.2) is 4.57 Å². The maximum absolute atomic E-state index is 12.3. The van der Waals surface area contributed by atoms with Crippen molar-refractivity contribution < 1.29 is 0 Å². The van der Waals surface area contributed by atoms with Crippen LogP contribution in [0.3, 0.4) is 0 Å². The Labute approximate surface area is 114 Å². The Kier molecular flexibility index (Phi) is 2.90. The quantitative estimate of drug-likeness (QED) is 0.715. The topological polar surface area (TPSA) is 45.8 Å². The molecule has 3 aromatic rings. The second-order valence-corrected chi connectivity index (χ2v) is 5.21. The molecule has 2 heterocycles. The van der Waals surface area contributed by atoms with Gasteiger partial charge >= 0.3 is 0 Å². The van der Waals surface area contributed by atoms with Crippen molar-refractivity contribution in [3.63, 3.8) is 0 Å². The van der Waals surface area contributed by atoms with Gasteiger partial charge in [-0.15, -0.1) is 11.3 Å². The van der Waals surface area contributed by atoms with Crippen LogP contribution in [0.1, 0.15) is 11.1 Å². The van der Waals surface area contributed by atoms with E-state index >= 15 is 0 Å². The van der Waals surface area contributed by atoms with Crippen LogP contribution in [0.5, 0.6) is 0 Å². The van der Waals surface area contributed by atoms with E-state index in [0.29, 0.717) is 12.1 Å². The molecule has 4 heteroatoms. The van der Waals surface area contributed by atoms with Gasteiger partial charge in [0, 0.05) is 10.9 Å². The maximum atomic E-state index is 12.3. The molecule has 0 aliphatic rings. The minimum atomic E-state index is 0.0149. The lowest BCUT2D eigenvalue weighted by Gasteiger charge is -2.06. The molecule has 0 radical (unpaired) electrons. The number of hydrogen-bond acceptors (Lipinski definition) is 3. The van der Waals surface area contributed by atoms with Gasteiger partial charge in [0.2, 0.25) is 0 Å². The summed E-state index contributed by atoms with van der Waals surface area (Å²) in [6.45, 7) is 0.486. The summed E-state index contributed by atoms with van der Waals surface area (Å²) in [5.74, 6) is 0. The van der Waals surface area contributed by atoms with Gasteiger partial charge in [-0.1, -0.05) is 12.1 Å². The largest absolute Gasteiger partial charge is 0.311 e. The van der Waals surface area contributed by atoms with Gasteiger partial charge in [-0.25, -0.2) is 0 Å². The second-order valence-electron chi connectivity index (χ2n) is 4.26. The van der Waals surface area contributed by atoms with Crippen molar-refractivity contribution in [2.75, 3.05) is 0 Å². The van der Waals surface area contributed by atoms with E-state index in [4.69, 9.17) is 5.26 Å². The molecule has 0 spiro atoms. The van der Waals surface area contributed by atoms with Crippen LogP contribution in [0.15, 0.2) is 52.8 Å². The van der Waals surface area contributed by atoms with Crippen molar-refractivity contribution in [2.24, 2.45) is 0 Å². The molecule has 3 nitrogen and oxygen atoms in total. The molecule has 0 aliphatic heterocycles. The number of rotatable bonds is 2. The number of hydrogen-bond donors (Lipinski definition) is 0. The van der Waals surface area contributed by atoms with E-state index in [1.165, 1.54) is 0 Å². The molecule has 1 aromatic carbocycles. The summed E-state index contributed by atoms with van der Waals surface area (Å²) < 4.78 is 2.68. The fourth-order valence-electron chi connectivity index (χ4n) is 2.07. The smallest absolute Gasteiger partial charge is 0.259 e. The number of pyridine rings is 1. The van der Waals surface area contributed by atoms with Gasteiger partial charge in [-0.2, -0.15) is 5.26 Å². The van der Waals surface area contributed by atoms with Crippen molar-refractivity contribution in [1.29, 1.82) is 5.26 Å². The molecular weight excluding hydrogens is 256 g/mol. The van der Waals surface area contributed by atoms with Crippen LogP contribution < -0.4 is 5.56 Å². The fraction of sp³-hybridized carbons (Fsp3) is 0.0667. The van der Waals surface area contributed by atoms with Gasteiger partial charge in [0.15, 0.2) is 0 Å². The van der Waals surface area contributed by atoms with Crippen LogP contribution in [0.4, 0.5) is 0 Å². The van der Waals surface area contributed by atoms with E-state index in [0.717, 1.165) is 15.6 Å². The molecule has 0 unspecified atom stereocenters. The predicted octanol–water partition coefficient (Wildman–Crippen LogP) is 2.98. The van der Waals surface area contributed by atoms with E-state index in [2.05, 4.69) is 6.07 Å². The minimum absolute atomic E-state index is 0.0149. The number of nitrogens with zero attached hydrogens (tertiary/aromatic N) is 2. The van der Waals surface area contributed by atoms with Crippen molar-refractivity contribution in [3.05, 3.63) is 69.5 Å². The first-order valence-corrected chi connectivity index (χ1v) is 6.71. The third-order valence-corrected chi connectivity index (χ3v) is 3.88. The molecule has 0 saturated carbocycles. The lowest BCUT2D eigenvalue weighted by Crippen LogP contribution is -2.19. The number of aromatic nitrogens is 1. The zero-order valence-electron chi connectivity index (χ0n) is 10.0. The van der Waals surface area contributed by atoms with E-state index in [1.807, 2.05) is 35.7 Å². The highest BCUT2D eigenvalue weighted by Crippen LogP contribution is 2.16. The third kappa shape index (κ3) is 2.16. The second kappa shape index (κ2) is 4.71. The van der Waals surface area contributed by atoms with Crippen LogP contribution in [-0.2, 0) is 6.54 Å². The number of thiophene rings is 1. The van der Waals surface area contributed by atoms with Crippen molar-refractivity contribution in [2.45, 2.75) is 6.54 Å². The van der Waals surface area contributed by atoms with Crippen molar-refractivity contribution in [3.8, 4) is 6.07 Å². The van der Waals surface area contributed by atoms with Gasteiger partial charge in [0.25, 0.3) is 5.56 Å². The Morgan fingerprint density at radius 3 is 3.00 bits per heavy atom. The molecule has 0 amide bonds. The first-order valence-electron chi connectivity index (χ1n) is 5.83.